The molecule has 0 spiro atoms. The highest BCUT2D eigenvalue weighted by atomic mass is 35.5. The van der Waals surface area contributed by atoms with E-state index in [1.54, 1.807) is 24.3 Å². The molecule has 0 unspecified atom stereocenters. The van der Waals surface area contributed by atoms with Crippen molar-refractivity contribution in [1.82, 2.24) is 10.2 Å². The molecule has 1 aromatic heterocycles. The van der Waals surface area contributed by atoms with Gasteiger partial charge in [-0.25, -0.2) is 0 Å². The summed E-state index contributed by atoms with van der Waals surface area (Å²) in [4.78, 5) is 12.1. The molecule has 3 aromatic rings. The van der Waals surface area contributed by atoms with Crippen LogP contribution in [0.15, 0.2) is 52.1 Å². The van der Waals surface area contributed by atoms with Crippen LogP contribution in [-0.4, -0.2) is 21.9 Å². The predicted octanol–water partition coefficient (Wildman–Crippen LogP) is 4.99. The van der Waals surface area contributed by atoms with Crippen molar-refractivity contribution in [2.75, 3.05) is 11.1 Å². The molecule has 0 saturated carbocycles. The quantitative estimate of drug-likeness (QED) is 0.539. The minimum Gasteiger partial charge on any atom is -0.482 e. The molecule has 6 nitrogen and oxygen atoms in total. The number of ether oxygens (including phenoxy) is 1. The van der Waals surface area contributed by atoms with Crippen molar-refractivity contribution in [1.29, 1.82) is 0 Å². The van der Waals surface area contributed by atoms with Crippen molar-refractivity contribution in [3.8, 4) is 5.75 Å². The largest absolute Gasteiger partial charge is 0.482 e. The average molecular weight is 424 g/mol. The molecule has 1 heterocycles. The van der Waals surface area contributed by atoms with Gasteiger partial charge in [-0.3, -0.25) is 4.79 Å². The lowest BCUT2D eigenvalue weighted by molar-refractivity contribution is -0.113. The van der Waals surface area contributed by atoms with E-state index in [0.717, 1.165) is 17.3 Å². The highest BCUT2D eigenvalue weighted by molar-refractivity contribution is 7.99. The Morgan fingerprint density at radius 1 is 1.22 bits per heavy atom. The zero-order valence-electron chi connectivity index (χ0n) is 14.2. The molecule has 3 rings (SSSR count). The van der Waals surface area contributed by atoms with Crippen LogP contribution in [0.4, 0.5) is 5.69 Å². The number of anilines is 1. The van der Waals surface area contributed by atoms with E-state index < -0.39 is 0 Å². The third-order valence-electron chi connectivity index (χ3n) is 3.44. The first-order chi connectivity index (χ1) is 13.0. The number of nitrogens with zero attached hydrogens (tertiary/aromatic N) is 2. The van der Waals surface area contributed by atoms with Crippen LogP contribution in [0.25, 0.3) is 0 Å². The standard InChI is InChI=1S/C18H15Cl2N3O3S/c1-11-6-7-12(19)8-14(11)21-16(24)10-27-18-23-22-17(26-18)9-25-15-5-3-2-4-13(15)20/h2-8H,9-10H2,1H3,(H,21,24). The fraction of sp³-hybridized carbons (Fsp3) is 0.167. The first kappa shape index (κ1) is 19.5. The second-order valence-corrected chi connectivity index (χ2v) is 7.25. The Kier molecular flexibility index (Phi) is 6.60. The van der Waals surface area contributed by atoms with Crippen LogP contribution in [0.5, 0.6) is 5.75 Å². The Labute approximate surface area is 170 Å². The lowest BCUT2D eigenvalue weighted by Crippen LogP contribution is -2.14. The molecule has 27 heavy (non-hydrogen) atoms. The summed E-state index contributed by atoms with van der Waals surface area (Å²) in [6.07, 6.45) is 0. The third-order valence-corrected chi connectivity index (χ3v) is 4.80. The summed E-state index contributed by atoms with van der Waals surface area (Å²) in [5.41, 5.74) is 1.60. The monoisotopic (exact) mass is 423 g/mol. The van der Waals surface area contributed by atoms with E-state index in [-0.39, 0.29) is 23.5 Å². The number of aromatic nitrogens is 2. The highest BCUT2D eigenvalue weighted by Crippen LogP contribution is 2.25. The summed E-state index contributed by atoms with van der Waals surface area (Å²) in [6.45, 7) is 1.98. The number of carbonyl (C=O) groups is 1. The summed E-state index contributed by atoms with van der Waals surface area (Å²) in [5.74, 6) is 0.752. The van der Waals surface area contributed by atoms with Crippen molar-refractivity contribution in [3.05, 3.63) is 64.0 Å². The van der Waals surface area contributed by atoms with E-state index in [0.29, 0.717) is 27.4 Å². The number of hydrogen-bond acceptors (Lipinski definition) is 6. The summed E-state index contributed by atoms with van der Waals surface area (Å²) < 4.78 is 11.0. The molecule has 0 atom stereocenters. The highest BCUT2D eigenvalue weighted by Gasteiger charge is 2.12. The molecule has 1 N–H and O–H groups in total. The zero-order chi connectivity index (χ0) is 19.2. The SMILES string of the molecule is Cc1ccc(Cl)cc1NC(=O)CSc1nnc(COc2ccccc2Cl)o1. The van der Waals surface area contributed by atoms with E-state index in [9.17, 15) is 4.79 Å². The topological polar surface area (TPSA) is 77.2 Å². The number of halogens is 2. The van der Waals surface area contributed by atoms with Gasteiger partial charge in [0.15, 0.2) is 6.61 Å². The Hall–Kier alpha value is -2.22. The van der Waals surface area contributed by atoms with Crippen molar-refractivity contribution in [2.24, 2.45) is 0 Å². The van der Waals surface area contributed by atoms with Gasteiger partial charge in [0.1, 0.15) is 5.75 Å². The molecule has 0 fully saturated rings. The molecule has 9 heteroatoms. The van der Waals surface area contributed by atoms with Gasteiger partial charge in [-0.05, 0) is 36.8 Å². The van der Waals surface area contributed by atoms with Crippen LogP contribution < -0.4 is 10.1 Å². The van der Waals surface area contributed by atoms with Gasteiger partial charge in [0.2, 0.25) is 5.91 Å². The van der Waals surface area contributed by atoms with Gasteiger partial charge in [-0.1, -0.05) is 53.2 Å². The summed E-state index contributed by atoms with van der Waals surface area (Å²) >= 11 is 13.1. The first-order valence-corrected chi connectivity index (χ1v) is 9.64. The maximum absolute atomic E-state index is 12.1. The van der Waals surface area contributed by atoms with E-state index in [1.807, 2.05) is 25.1 Å². The fourth-order valence-corrected chi connectivity index (χ4v) is 3.04. The van der Waals surface area contributed by atoms with Crippen LogP contribution in [0, 0.1) is 6.92 Å². The van der Waals surface area contributed by atoms with Gasteiger partial charge in [-0.2, -0.15) is 0 Å². The smallest absolute Gasteiger partial charge is 0.277 e. The van der Waals surface area contributed by atoms with Crippen molar-refractivity contribution in [2.45, 2.75) is 18.8 Å². The molecule has 0 aliphatic carbocycles. The number of benzene rings is 2. The summed E-state index contributed by atoms with van der Waals surface area (Å²) in [6, 6.07) is 12.4. The molecule has 0 saturated heterocycles. The van der Waals surface area contributed by atoms with E-state index in [2.05, 4.69) is 15.5 Å². The van der Waals surface area contributed by atoms with E-state index in [1.165, 1.54) is 0 Å². The number of para-hydroxylation sites is 1. The normalized spacial score (nSPS) is 10.6. The summed E-state index contributed by atoms with van der Waals surface area (Å²) in [7, 11) is 0. The maximum atomic E-state index is 12.1. The molecule has 0 radical (unpaired) electrons. The first-order valence-electron chi connectivity index (χ1n) is 7.90. The number of amides is 1. The van der Waals surface area contributed by atoms with Crippen LogP contribution in [0.2, 0.25) is 10.0 Å². The Balaban J connectivity index is 1.50. The van der Waals surface area contributed by atoms with Crippen LogP contribution >= 0.6 is 35.0 Å². The molecule has 2 aromatic carbocycles. The maximum Gasteiger partial charge on any atom is 0.277 e. The van der Waals surface area contributed by atoms with E-state index in [4.69, 9.17) is 32.4 Å². The molecule has 0 bridgehead atoms. The molecule has 0 aliphatic rings. The average Bonchev–Trinajstić information content (AvgIpc) is 3.10. The number of thioether (sulfide) groups is 1. The van der Waals surface area contributed by atoms with Crippen molar-refractivity contribution in [3.63, 3.8) is 0 Å². The van der Waals surface area contributed by atoms with Crippen molar-refractivity contribution < 1.29 is 13.9 Å². The molecular weight excluding hydrogens is 409 g/mol. The van der Waals surface area contributed by atoms with Crippen LogP contribution in [0.3, 0.4) is 0 Å². The van der Waals surface area contributed by atoms with Gasteiger partial charge in [0.05, 0.1) is 10.8 Å². The Bertz CT molecular complexity index is 949. The van der Waals surface area contributed by atoms with Crippen molar-refractivity contribution >= 4 is 46.6 Å². The van der Waals surface area contributed by atoms with E-state index >= 15 is 0 Å². The van der Waals surface area contributed by atoms with Gasteiger partial charge in [0, 0.05) is 10.7 Å². The van der Waals surface area contributed by atoms with Gasteiger partial charge in [0.25, 0.3) is 11.1 Å². The molecule has 0 aliphatic heterocycles. The number of carbonyl (C=O) groups excluding carboxylic acids is 1. The third kappa shape index (κ3) is 5.63. The Morgan fingerprint density at radius 2 is 2.04 bits per heavy atom. The molecule has 140 valence electrons. The predicted molar refractivity (Wildman–Crippen MR) is 106 cm³/mol. The second kappa shape index (κ2) is 9.12. The zero-order valence-corrected chi connectivity index (χ0v) is 16.6. The lowest BCUT2D eigenvalue weighted by Gasteiger charge is -2.07. The number of hydrogen-bond donors (Lipinski definition) is 1. The lowest BCUT2D eigenvalue weighted by atomic mass is 10.2. The second-order valence-electron chi connectivity index (χ2n) is 5.48. The van der Waals surface area contributed by atoms with Crippen LogP contribution in [-0.2, 0) is 11.4 Å². The van der Waals surface area contributed by atoms with Gasteiger partial charge in [-0.15, -0.1) is 10.2 Å². The Morgan fingerprint density at radius 3 is 2.85 bits per heavy atom. The number of rotatable bonds is 7. The van der Waals surface area contributed by atoms with Gasteiger partial charge < -0.3 is 14.5 Å². The number of nitrogens with one attached hydrogen (secondary N) is 1. The van der Waals surface area contributed by atoms with Gasteiger partial charge >= 0.3 is 0 Å². The minimum atomic E-state index is -0.197. The summed E-state index contributed by atoms with van der Waals surface area (Å²) in [5, 5.41) is 11.9. The minimum absolute atomic E-state index is 0.0885. The molecular formula is C18H15Cl2N3O3S. The molecule has 1 amide bonds. The van der Waals surface area contributed by atoms with Crippen LogP contribution in [0.1, 0.15) is 11.5 Å². The fourth-order valence-electron chi connectivity index (χ4n) is 2.10. The number of aryl methyl sites for hydroxylation is 1.